The lowest BCUT2D eigenvalue weighted by Crippen LogP contribution is -2.26. The van der Waals surface area contributed by atoms with Gasteiger partial charge in [0.15, 0.2) is 0 Å². The summed E-state index contributed by atoms with van der Waals surface area (Å²) in [4.78, 5) is 17.3. The highest BCUT2D eigenvalue weighted by Gasteiger charge is 2.34. The Balaban J connectivity index is 1.76. The Morgan fingerprint density at radius 2 is 2.00 bits per heavy atom. The van der Waals surface area contributed by atoms with Gasteiger partial charge in [0, 0.05) is 29.4 Å². The van der Waals surface area contributed by atoms with Gasteiger partial charge in [0.05, 0.1) is 25.5 Å². The van der Waals surface area contributed by atoms with Crippen LogP contribution in [-0.4, -0.2) is 35.3 Å². The van der Waals surface area contributed by atoms with Crippen LogP contribution in [0.15, 0.2) is 53.6 Å². The average Bonchev–Trinajstić information content (AvgIpc) is 3.24. The third-order valence-corrected chi connectivity index (χ3v) is 5.62. The lowest BCUT2D eigenvalue weighted by molar-refractivity contribution is -0.132. The average molecular weight is 438 g/mol. The number of pyridine rings is 1. The molecular weight excluding hydrogens is 414 g/mol. The second-order valence-corrected chi connectivity index (χ2v) is 7.58. The lowest BCUT2D eigenvalue weighted by Gasteiger charge is -2.22. The summed E-state index contributed by atoms with van der Waals surface area (Å²) in [5, 5.41) is 7.46. The Labute approximate surface area is 186 Å². The van der Waals surface area contributed by atoms with Crippen molar-refractivity contribution < 1.29 is 14.3 Å². The quantitative estimate of drug-likeness (QED) is 0.485. The number of aromatic nitrogens is 1. The van der Waals surface area contributed by atoms with Gasteiger partial charge in [0.2, 0.25) is 5.91 Å². The molecule has 1 aromatic heterocycles. The van der Waals surface area contributed by atoms with E-state index in [0.717, 1.165) is 28.0 Å². The molecule has 1 aliphatic rings. The maximum absolute atomic E-state index is 12.7. The molecule has 2 aromatic carbocycles. The molecule has 0 unspecified atom stereocenters. The SMILES string of the molecule is CCOc1cccc2cc([C@H]3CC(c4cccc(OC)c4)=NN3C(=O)CC)c(Cl)nc12. The van der Waals surface area contributed by atoms with E-state index in [0.29, 0.717) is 35.9 Å². The van der Waals surface area contributed by atoms with Crippen LogP contribution >= 0.6 is 11.6 Å². The van der Waals surface area contributed by atoms with Crippen LogP contribution in [0.25, 0.3) is 10.9 Å². The normalized spacial score (nSPS) is 15.8. The summed E-state index contributed by atoms with van der Waals surface area (Å²) in [5.41, 5.74) is 3.20. The number of amides is 1. The number of methoxy groups -OCH3 is 1. The number of hydrogen-bond donors (Lipinski definition) is 0. The minimum Gasteiger partial charge on any atom is -0.497 e. The van der Waals surface area contributed by atoms with Gasteiger partial charge in [0.1, 0.15) is 22.2 Å². The number of hydrogen-bond acceptors (Lipinski definition) is 5. The third kappa shape index (κ3) is 4.08. The number of rotatable bonds is 6. The predicted octanol–water partition coefficient (Wildman–Crippen LogP) is 5.38. The first-order chi connectivity index (χ1) is 15.0. The highest BCUT2D eigenvalue weighted by Crippen LogP contribution is 2.39. The van der Waals surface area contributed by atoms with Crippen molar-refractivity contribution in [2.24, 2.45) is 5.10 Å². The van der Waals surface area contributed by atoms with Crippen molar-refractivity contribution in [1.82, 2.24) is 9.99 Å². The van der Waals surface area contributed by atoms with Crippen LogP contribution in [0.4, 0.5) is 0 Å². The van der Waals surface area contributed by atoms with E-state index in [1.54, 1.807) is 7.11 Å². The molecule has 7 heteroatoms. The second-order valence-electron chi connectivity index (χ2n) is 7.22. The zero-order valence-electron chi connectivity index (χ0n) is 17.8. The van der Waals surface area contributed by atoms with Gasteiger partial charge in [-0.3, -0.25) is 4.79 Å². The van der Waals surface area contributed by atoms with Crippen molar-refractivity contribution in [3.8, 4) is 11.5 Å². The molecule has 31 heavy (non-hydrogen) atoms. The van der Waals surface area contributed by atoms with Crippen LogP contribution in [0.5, 0.6) is 11.5 Å². The van der Waals surface area contributed by atoms with Crippen LogP contribution in [0, 0.1) is 0 Å². The molecule has 0 spiro atoms. The molecule has 1 amide bonds. The molecule has 0 saturated carbocycles. The van der Waals surface area contributed by atoms with Crippen LogP contribution in [0.3, 0.4) is 0 Å². The smallest absolute Gasteiger partial charge is 0.242 e. The van der Waals surface area contributed by atoms with Crippen LogP contribution < -0.4 is 9.47 Å². The van der Waals surface area contributed by atoms with Crippen molar-refractivity contribution >= 4 is 34.1 Å². The van der Waals surface area contributed by atoms with Gasteiger partial charge in [-0.05, 0) is 31.2 Å². The number of carbonyl (C=O) groups is 1. The summed E-state index contributed by atoms with van der Waals surface area (Å²) in [7, 11) is 1.63. The minimum atomic E-state index is -0.325. The Hall–Kier alpha value is -3.12. The third-order valence-electron chi connectivity index (χ3n) is 5.32. The molecule has 0 fully saturated rings. The van der Waals surface area contributed by atoms with E-state index in [1.165, 1.54) is 5.01 Å². The van der Waals surface area contributed by atoms with Gasteiger partial charge in [-0.15, -0.1) is 0 Å². The monoisotopic (exact) mass is 437 g/mol. The molecule has 0 saturated heterocycles. The largest absolute Gasteiger partial charge is 0.497 e. The standard InChI is InChI=1S/C24H24ClN3O3/c1-4-22(29)28-20(14-19(27-28)15-8-6-10-17(12-15)30-3)18-13-16-9-7-11-21(31-5-2)23(16)26-24(18)25/h6-13,20H,4-5,14H2,1-3H3/t20-/m1/s1. The minimum absolute atomic E-state index is 0.0675. The number of carbonyl (C=O) groups excluding carboxylic acids is 1. The van der Waals surface area contributed by atoms with E-state index < -0.39 is 0 Å². The number of benzene rings is 2. The molecule has 0 N–H and O–H groups in total. The summed E-state index contributed by atoms with van der Waals surface area (Å²) in [6.07, 6.45) is 0.884. The Morgan fingerprint density at radius 1 is 1.19 bits per heavy atom. The maximum Gasteiger partial charge on any atom is 0.242 e. The van der Waals surface area contributed by atoms with Crippen LogP contribution in [0.2, 0.25) is 5.15 Å². The summed E-state index contributed by atoms with van der Waals surface area (Å²) >= 11 is 6.63. The summed E-state index contributed by atoms with van der Waals surface area (Å²) in [6, 6.07) is 15.1. The van der Waals surface area contributed by atoms with Gasteiger partial charge >= 0.3 is 0 Å². The summed E-state index contributed by atoms with van der Waals surface area (Å²) < 4.78 is 11.0. The van der Waals surface area contributed by atoms with Gasteiger partial charge in [-0.2, -0.15) is 5.10 Å². The number of fused-ring (bicyclic) bond motifs is 1. The molecule has 3 aromatic rings. The fraction of sp³-hybridized carbons (Fsp3) is 0.292. The number of hydrazone groups is 1. The van der Waals surface area contributed by atoms with E-state index in [1.807, 2.05) is 62.4 Å². The van der Waals surface area contributed by atoms with Gasteiger partial charge in [-0.25, -0.2) is 9.99 Å². The highest BCUT2D eigenvalue weighted by atomic mass is 35.5. The topological polar surface area (TPSA) is 64.0 Å². The highest BCUT2D eigenvalue weighted by molar-refractivity contribution is 6.30. The molecule has 0 radical (unpaired) electrons. The van der Waals surface area contributed by atoms with Crippen molar-refractivity contribution in [2.45, 2.75) is 32.7 Å². The molecule has 160 valence electrons. The van der Waals surface area contributed by atoms with Crippen molar-refractivity contribution in [3.05, 3.63) is 64.8 Å². The summed E-state index contributed by atoms with van der Waals surface area (Å²) in [6.45, 7) is 4.30. The first kappa shape index (κ1) is 21.1. The second kappa shape index (κ2) is 8.94. The Kier molecular flexibility index (Phi) is 6.09. The molecule has 4 rings (SSSR count). The van der Waals surface area contributed by atoms with Crippen molar-refractivity contribution in [3.63, 3.8) is 0 Å². The van der Waals surface area contributed by atoms with Crippen molar-refractivity contribution in [1.29, 1.82) is 0 Å². The van der Waals surface area contributed by atoms with Gasteiger partial charge in [0.25, 0.3) is 0 Å². The van der Waals surface area contributed by atoms with Crippen LogP contribution in [-0.2, 0) is 4.79 Å². The zero-order chi connectivity index (χ0) is 22.0. The molecule has 0 bridgehead atoms. The number of nitrogens with zero attached hydrogens (tertiary/aromatic N) is 3. The summed E-state index contributed by atoms with van der Waals surface area (Å²) in [5.74, 6) is 1.36. The van der Waals surface area contributed by atoms with Gasteiger partial charge in [-0.1, -0.05) is 42.8 Å². The predicted molar refractivity (Wildman–Crippen MR) is 122 cm³/mol. The van der Waals surface area contributed by atoms with E-state index in [4.69, 9.17) is 21.1 Å². The van der Waals surface area contributed by atoms with E-state index in [-0.39, 0.29) is 11.9 Å². The Bertz CT molecular complexity index is 1160. The van der Waals surface area contributed by atoms with E-state index in [2.05, 4.69) is 10.1 Å². The molecule has 1 aliphatic heterocycles. The van der Waals surface area contributed by atoms with E-state index in [9.17, 15) is 4.79 Å². The first-order valence-electron chi connectivity index (χ1n) is 10.3. The molecule has 1 atom stereocenters. The molecule has 2 heterocycles. The number of halogens is 1. The van der Waals surface area contributed by atoms with Crippen molar-refractivity contribution in [2.75, 3.05) is 13.7 Å². The van der Waals surface area contributed by atoms with E-state index >= 15 is 0 Å². The first-order valence-corrected chi connectivity index (χ1v) is 10.7. The molecular formula is C24H24ClN3O3. The fourth-order valence-electron chi connectivity index (χ4n) is 3.79. The van der Waals surface area contributed by atoms with Crippen LogP contribution in [0.1, 0.15) is 43.9 Å². The Morgan fingerprint density at radius 3 is 2.74 bits per heavy atom. The van der Waals surface area contributed by atoms with Gasteiger partial charge < -0.3 is 9.47 Å². The number of para-hydroxylation sites is 1. The number of ether oxygens (including phenoxy) is 2. The zero-order valence-corrected chi connectivity index (χ0v) is 18.5. The molecule has 0 aliphatic carbocycles. The maximum atomic E-state index is 12.7. The lowest BCUT2D eigenvalue weighted by atomic mass is 9.98. The molecule has 6 nitrogen and oxygen atoms in total. The fourth-order valence-corrected chi connectivity index (χ4v) is 4.06.